The summed E-state index contributed by atoms with van der Waals surface area (Å²) in [5.41, 5.74) is 3.92. The second kappa shape index (κ2) is 8.62. The van der Waals surface area contributed by atoms with Crippen LogP contribution in [0.5, 0.6) is 5.75 Å². The second-order valence-electron chi connectivity index (χ2n) is 8.05. The van der Waals surface area contributed by atoms with Crippen LogP contribution in [-0.4, -0.2) is 22.7 Å². The van der Waals surface area contributed by atoms with Gasteiger partial charge in [0.15, 0.2) is 5.82 Å². The molecule has 2 N–H and O–H groups in total. The molecule has 1 aliphatic heterocycles. The lowest BCUT2D eigenvalue weighted by Gasteiger charge is -2.33. The molecule has 0 saturated heterocycles. The van der Waals surface area contributed by atoms with Gasteiger partial charge in [0, 0.05) is 42.7 Å². The van der Waals surface area contributed by atoms with E-state index >= 15 is 0 Å². The fourth-order valence-corrected chi connectivity index (χ4v) is 3.65. The third kappa shape index (κ3) is 4.60. The molecule has 0 aliphatic carbocycles. The number of ether oxygens (including phenoxy) is 2. The van der Waals surface area contributed by atoms with Crippen molar-refractivity contribution < 1.29 is 9.47 Å². The van der Waals surface area contributed by atoms with Gasteiger partial charge in [-0.15, -0.1) is 0 Å². The number of pyridine rings is 2. The largest absolute Gasteiger partial charge is 0.497 e. The van der Waals surface area contributed by atoms with Gasteiger partial charge in [0.1, 0.15) is 17.6 Å². The van der Waals surface area contributed by atoms with E-state index in [9.17, 15) is 5.26 Å². The summed E-state index contributed by atoms with van der Waals surface area (Å²) in [4.78, 5) is 8.95. The SMILES string of the molecule is COc1cccc(Nc2nc(NCc3cccnc3)c3c(c2C#N)CC(C)(C)OC3)c1. The molecule has 0 amide bonds. The summed E-state index contributed by atoms with van der Waals surface area (Å²) in [5.74, 6) is 1.95. The molecule has 4 rings (SSSR count). The summed E-state index contributed by atoms with van der Waals surface area (Å²) in [5, 5.41) is 16.7. The highest BCUT2D eigenvalue weighted by molar-refractivity contribution is 5.71. The molecule has 0 radical (unpaired) electrons. The minimum Gasteiger partial charge on any atom is -0.497 e. The summed E-state index contributed by atoms with van der Waals surface area (Å²) in [6.45, 7) is 5.05. The highest BCUT2D eigenvalue weighted by Crippen LogP contribution is 2.37. The van der Waals surface area contributed by atoms with Crippen molar-refractivity contribution >= 4 is 17.3 Å². The van der Waals surface area contributed by atoms with Gasteiger partial charge in [-0.2, -0.15) is 5.26 Å². The number of rotatable bonds is 6. The van der Waals surface area contributed by atoms with Crippen LogP contribution in [-0.2, 0) is 24.3 Å². The molecule has 31 heavy (non-hydrogen) atoms. The fraction of sp³-hybridized carbons (Fsp3) is 0.292. The van der Waals surface area contributed by atoms with Gasteiger partial charge in [-0.1, -0.05) is 12.1 Å². The summed E-state index contributed by atoms with van der Waals surface area (Å²) < 4.78 is 11.4. The molecule has 0 bridgehead atoms. The molecule has 7 heteroatoms. The van der Waals surface area contributed by atoms with Crippen molar-refractivity contribution in [2.75, 3.05) is 17.7 Å². The van der Waals surface area contributed by atoms with E-state index < -0.39 is 0 Å². The number of nitrogens with zero attached hydrogens (tertiary/aromatic N) is 3. The Morgan fingerprint density at radius 1 is 1.19 bits per heavy atom. The zero-order chi connectivity index (χ0) is 21.8. The molecule has 3 heterocycles. The average Bonchev–Trinajstić information content (AvgIpc) is 2.77. The normalized spacial score (nSPS) is 14.3. The van der Waals surface area contributed by atoms with E-state index in [1.807, 2.05) is 56.4 Å². The van der Waals surface area contributed by atoms with E-state index in [2.05, 4.69) is 21.7 Å². The Hall–Kier alpha value is -3.63. The molecular formula is C24H25N5O2. The first-order valence-electron chi connectivity index (χ1n) is 10.1. The molecule has 3 aromatic rings. The van der Waals surface area contributed by atoms with Gasteiger partial charge < -0.3 is 20.1 Å². The highest BCUT2D eigenvalue weighted by Gasteiger charge is 2.32. The Labute approximate surface area is 182 Å². The Kier molecular flexibility index (Phi) is 5.74. The van der Waals surface area contributed by atoms with E-state index in [1.54, 1.807) is 13.3 Å². The van der Waals surface area contributed by atoms with E-state index in [4.69, 9.17) is 14.5 Å². The first kappa shape index (κ1) is 20.6. The molecule has 2 aromatic heterocycles. The Bertz CT molecular complexity index is 1120. The van der Waals surface area contributed by atoms with Crippen LogP contribution in [0.3, 0.4) is 0 Å². The second-order valence-corrected chi connectivity index (χ2v) is 8.05. The van der Waals surface area contributed by atoms with Crippen LogP contribution < -0.4 is 15.4 Å². The van der Waals surface area contributed by atoms with Crippen molar-refractivity contribution in [1.29, 1.82) is 5.26 Å². The molecule has 0 unspecified atom stereocenters. The first-order chi connectivity index (χ1) is 15.0. The zero-order valence-electron chi connectivity index (χ0n) is 17.9. The maximum absolute atomic E-state index is 10.00. The van der Waals surface area contributed by atoms with Crippen LogP contribution in [0.15, 0.2) is 48.8 Å². The Morgan fingerprint density at radius 3 is 2.81 bits per heavy atom. The van der Waals surface area contributed by atoms with E-state index in [0.717, 1.165) is 28.1 Å². The van der Waals surface area contributed by atoms with Gasteiger partial charge in [-0.3, -0.25) is 4.98 Å². The molecule has 158 valence electrons. The van der Waals surface area contributed by atoms with Crippen molar-refractivity contribution in [2.24, 2.45) is 0 Å². The third-order valence-electron chi connectivity index (χ3n) is 5.25. The number of hydrogen-bond donors (Lipinski definition) is 2. The molecule has 7 nitrogen and oxygen atoms in total. The van der Waals surface area contributed by atoms with Gasteiger partial charge in [0.2, 0.25) is 0 Å². The van der Waals surface area contributed by atoms with Crippen molar-refractivity contribution in [3.63, 3.8) is 0 Å². The quantitative estimate of drug-likeness (QED) is 0.609. The predicted octanol–water partition coefficient (Wildman–Crippen LogP) is 4.56. The highest BCUT2D eigenvalue weighted by atomic mass is 16.5. The zero-order valence-corrected chi connectivity index (χ0v) is 17.9. The van der Waals surface area contributed by atoms with Crippen molar-refractivity contribution in [1.82, 2.24) is 9.97 Å². The fourth-order valence-electron chi connectivity index (χ4n) is 3.65. The van der Waals surface area contributed by atoms with Crippen LogP contribution in [0.25, 0.3) is 0 Å². The molecule has 0 fully saturated rings. The smallest absolute Gasteiger partial charge is 0.151 e. The van der Waals surface area contributed by atoms with Crippen LogP contribution >= 0.6 is 0 Å². The van der Waals surface area contributed by atoms with Gasteiger partial charge in [0.05, 0.1) is 24.9 Å². The minimum absolute atomic E-state index is 0.353. The van der Waals surface area contributed by atoms with Gasteiger partial charge in [-0.25, -0.2) is 4.98 Å². The summed E-state index contributed by atoms with van der Waals surface area (Å²) in [6, 6.07) is 13.8. The number of hydrogen-bond acceptors (Lipinski definition) is 7. The lowest BCUT2D eigenvalue weighted by molar-refractivity contribution is -0.0399. The van der Waals surface area contributed by atoms with Crippen LogP contribution in [0, 0.1) is 11.3 Å². The average molecular weight is 415 g/mol. The Balaban J connectivity index is 1.75. The number of fused-ring (bicyclic) bond motifs is 1. The molecule has 0 spiro atoms. The minimum atomic E-state index is -0.353. The predicted molar refractivity (Wildman–Crippen MR) is 119 cm³/mol. The van der Waals surface area contributed by atoms with E-state index in [-0.39, 0.29) is 5.60 Å². The first-order valence-corrected chi connectivity index (χ1v) is 10.1. The third-order valence-corrected chi connectivity index (χ3v) is 5.25. The summed E-state index contributed by atoms with van der Waals surface area (Å²) in [6.07, 6.45) is 4.19. The number of nitrogens with one attached hydrogen (secondary N) is 2. The van der Waals surface area contributed by atoms with Crippen molar-refractivity contribution in [3.8, 4) is 11.8 Å². The standard InChI is InChI=1S/C24H25N5O2/c1-24(2)11-19-20(12-25)23(28-17-7-4-8-18(10-17)30-3)29-22(21(19)15-31-24)27-14-16-6-5-9-26-13-16/h4-10,13H,11,14-15H2,1-3H3,(H2,27,28,29). The lowest BCUT2D eigenvalue weighted by Crippen LogP contribution is -2.33. The Morgan fingerprint density at radius 2 is 2.06 bits per heavy atom. The van der Waals surface area contributed by atoms with E-state index in [0.29, 0.717) is 36.8 Å². The molecular weight excluding hydrogens is 390 g/mol. The molecule has 1 aromatic carbocycles. The number of methoxy groups -OCH3 is 1. The maximum Gasteiger partial charge on any atom is 0.151 e. The maximum atomic E-state index is 10.00. The van der Waals surface area contributed by atoms with Gasteiger partial charge in [0.25, 0.3) is 0 Å². The number of nitriles is 1. The van der Waals surface area contributed by atoms with Crippen molar-refractivity contribution in [3.05, 3.63) is 71.0 Å². The van der Waals surface area contributed by atoms with Gasteiger partial charge >= 0.3 is 0 Å². The van der Waals surface area contributed by atoms with Crippen molar-refractivity contribution in [2.45, 2.75) is 39.0 Å². The lowest BCUT2D eigenvalue weighted by atomic mass is 9.89. The van der Waals surface area contributed by atoms with Gasteiger partial charge in [-0.05, 0) is 43.2 Å². The number of benzene rings is 1. The van der Waals surface area contributed by atoms with Crippen LogP contribution in [0.1, 0.15) is 36.1 Å². The summed E-state index contributed by atoms with van der Waals surface area (Å²) in [7, 11) is 1.62. The molecule has 0 saturated carbocycles. The van der Waals surface area contributed by atoms with Crippen LogP contribution in [0.4, 0.5) is 17.3 Å². The molecule has 0 atom stereocenters. The number of anilines is 3. The number of aromatic nitrogens is 2. The monoisotopic (exact) mass is 415 g/mol. The summed E-state index contributed by atoms with van der Waals surface area (Å²) >= 11 is 0. The topological polar surface area (TPSA) is 92.1 Å². The van der Waals surface area contributed by atoms with Crippen LogP contribution in [0.2, 0.25) is 0 Å². The van der Waals surface area contributed by atoms with E-state index in [1.165, 1.54) is 0 Å². The molecule has 1 aliphatic rings.